The Labute approximate surface area is 406 Å². The van der Waals surface area contributed by atoms with Gasteiger partial charge < -0.3 is 45.1 Å². The zero-order valence-electron chi connectivity index (χ0n) is 39.9. The van der Waals surface area contributed by atoms with Crippen LogP contribution >= 0.6 is 0 Å². The lowest BCUT2D eigenvalue weighted by Gasteiger charge is -2.22. The van der Waals surface area contributed by atoms with E-state index in [-0.39, 0.29) is 43.0 Å². The predicted molar refractivity (Wildman–Crippen MR) is 267 cm³/mol. The standard InChI is InChI=1S/C54H57N7O9/c1-6-7-8-17-50(62)57-31(2)51(63)58-32(3)52(64)59-37-19-33(29-69-48-25-42-40(23-46(48)67-4)53(65)60-38(27-55-42)21-35-13-9-11-15-44(35)60)18-34(20-37)30-70-49-26-43-41(24-47(49)68-5)54(66)61-39(28-56-43)22-36-14-10-12-16-45(36)61/h9-16,18-20,23-27,31-32,38-39,56H,6-8,17,21-22,28-30H2,1-5H3,(H,57,62)(H,58,63)(H,59,64)/t31-,32-,38-,39-/m0/s1. The number of aliphatic imine (C=N–C) groups is 1. The molecular formula is C54H57N7O9. The number of hydrogen-bond donors (Lipinski definition) is 4. The highest BCUT2D eigenvalue weighted by atomic mass is 16.5. The maximum atomic E-state index is 14.1. The average Bonchev–Trinajstić information content (AvgIpc) is 3.85. The monoisotopic (exact) mass is 947 g/mol. The summed E-state index contributed by atoms with van der Waals surface area (Å²) in [5.41, 5.74) is 7.57. The number of amides is 5. The molecule has 9 rings (SSSR count). The second-order valence-electron chi connectivity index (χ2n) is 18.0. The largest absolute Gasteiger partial charge is 0.493 e. The van der Waals surface area contributed by atoms with E-state index in [1.807, 2.05) is 60.4 Å². The molecule has 5 amide bonds. The highest BCUT2D eigenvalue weighted by Crippen LogP contribution is 2.43. The topological polar surface area (TPSA) is 189 Å². The van der Waals surface area contributed by atoms with Gasteiger partial charge in [-0.05, 0) is 91.4 Å². The summed E-state index contributed by atoms with van der Waals surface area (Å²) in [4.78, 5) is 75.7. The smallest absolute Gasteiger partial charge is 0.261 e. The molecule has 0 bridgehead atoms. The van der Waals surface area contributed by atoms with Gasteiger partial charge in [0, 0.05) is 54.8 Å². The summed E-state index contributed by atoms with van der Waals surface area (Å²) in [6, 6.07) is 25.9. The number of benzene rings is 5. The Morgan fingerprint density at radius 2 is 1.33 bits per heavy atom. The van der Waals surface area contributed by atoms with E-state index in [1.54, 1.807) is 61.4 Å². The number of ether oxygens (including phenoxy) is 4. The highest BCUT2D eigenvalue weighted by Gasteiger charge is 2.39. The van der Waals surface area contributed by atoms with E-state index in [4.69, 9.17) is 23.9 Å². The molecule has 0 spiro atoms. The zero-order valence-corrected chi connectivity index (χ0v) is 39.9. The fraction of sp³-hybridized carbons (Fsp3) is 0.333. The molecule has 4 aliphatic rings. The fourth-order valence-electron chi connectivity index (χ4n) is 9.49. The summed E-state index contributed by atoms with van der Waals surface area (Å²) >= 11 is 0. The van der Waals surface area contributed by atoms with Gasteiger partial charge in [0.15, 0.2) is 23.0 Å². The Balaban J connectivity index is 0.952. The number of nitrogens with one attached hydrogen (secondary N) is 4. The first-order valence-corrected chi connectivity index (χ1v) is 23.8. The molecule has 70 heavy (non-hydrogen) atoms. The Kier molecular flexibility index (Phi) is 13.7. The Morgan fingerprint density at radius 1 is 0.714 bits per heavy atom. The zero-order chi connectivity index (χ0) is 49.1. The number of nitrogens with zero attached hydrogens (tertiary/aromatic N) is 3. The third-order valence-corrected chi connectivity index (χ3v) is 13.1. The van der Waals surface area contributed by atoms with E-state index in [0.29, 0.717) is 81.7 Å². The van der Waals surface area contributed by atoms with E-state index >= 15 is 0 Å². The molecule has 4 N–H and O–H groups in total. The first-order chi connectivity index (χ1) is 33.9. The first-order valence-electron chi connectivity index (χ1n) is 23.8. The van der Waals surface area contributed by atoms with Crippen molar-refractivity contribution in [3.8, 4) is 23.0 Å². The Morgan fingerprint density at radius 3 is 2.01 bits per heavy atom. The lowest BCUT2D eigenvalue weighted by atomic mass is 10.1. The first kappa shape index (κ1) is 47.2. The molecule has 362 valence electrons. The van der Waals surface area contributed by atoms with Crippen molar-refractivity contribution in [3.63, 3.8) is 0 Å². The number of unbranched alkanes of at least 4 members (excludes halogenated alkanes) is 2. The minimum absolute atomic E-state index is 0.00238. The molecule has 4 aliphatic heterocycles. The normalized spacial score (nSPS) is 16.9. The summed E-state index contributed by atoms with van der Waals surface area (Å²) in [7, 11) is 3.02. The van der Waals surface area contributed by atoms with Crippen LogP contribution in [0.2, 0.25) is 0 Å². The van der Waals surface area contributed by atoms with E-state index in [1.165, 1.54) is 14.2 Å². The van der Waals surface area contributed by atoms with Crippen LogP contribution in [0.15, 0.2) is 96.0 Å². The third kappa shape index (κ3) is 9.71. The second kappa shape index (κ2) is 20.4. The molecule has 0 unspecified atom stereocenters. The molecule has 0 radical (unpaired) electrons. The SMILES string of the molecule is CCCCCC(=O)N[C@@H](C)C(=O)N[C@@H](C)C(=O)Nc1cc(COc2cc3c(cc2OC)C(=O)N2c4ccccc4C[C@H]2C=N3)cc(COc2cc3c(cc2OC)C(=O)N2c4ccccc4C[C@H]2CN3)c1. The second-order valence-corrected chi connectivity index (χ2v) is 18.0. The van der Waals surface area contributed by atoms with Crippen molar-refractivity contribution in [3.05, 3.63) is 124 Å². The number of carbonyl (C=O) groups is 5. The van der Waals surface area contributed by atoms with Gasteiger partial charge in [0.2, 0.25) is 17.7 Å². The van der Waals surface area contributed by atoms with Crippen LogP contribution in [0.4, 0.5) is 28.4 Å². The van der Waals surface area contributed by atoms with Crippen molar-refractivity contribution >= 4 is 64.2 Å². The third-order valence-electron chi connectivity index (χ3n) is 13.1. The molecule has 5 aromatic rings. The molecule has 4 heterocycles. The summed E-state index contributed by atoms with van der Waals surface area (Å²) in [5, 5.41) is 11.8. The van der Waals surface area contributed by atoms with Gasteiger partial charge in [-0.15, -0.1) is 0 Å². The van der Waals surface area contributed by atoms with E-state index in [0.717, 1.165) is 48.2 Å². The highest BCUT2D eigenvalue weighted by molar-refractivity contribution is 6.15. The van der Waals surface area contributed by atoms with Gasteiger partial charge in [-0.3, -0.25) is 33.9 Å². The van der Waals surface area contributed by atoms with Crippen molar-refractivity contribution in [1.29, 1.82) is 0 Å². The van der Waals surface area contributed by atoms with Crippen LogP contribution in [0.5, 0.6) is 23.0 Å². The van der Waals surface area contributed by atoms with Crippen molar-refractivity contribution in [2.45, 2.75) is 96.7 Å². The number of rotatable bonds is 17. The maximum Gasteiger partial charge on any atom is 0.261 e. The van der Waals surface area contributed by atoms with Crippen molar-refractivity contribution < 1.29 is 42.9 Å². The number of hydrogen-bond acceptors (Lipinski definition) is 11. The van der Waals surface area contributed by atoms with Gasteiger partial charge in [0.05, 0.1) is 48.8 Å². The van der Waals surface area contributed by atoms with Crippen molar-refractivity contribution in [2.75, 3.05) is 41.2 Å². The van der Waals surface area contributed by atoms with E-state index in [2.05, 4.69) is 27.3 Å². The lowest BCUT2D eigenvalue weighted by Crippen LogP contribution is -2.50. The van der Waals surface area contributed by atoms with Gasteiger partial charge in [-0.2, -0.15) is 0 Å². The van der Waals surface area contributed by atoms with Gasteiger partial charge in [-0.25, -0.2) is 0 Å². The van der Waals surface area contributed by atoms with Crippen LogP contribution in [-0.2, 0) is 40.4 Å². The molecule has 0 saturated heterocycles. The van der Waals surface area contributed by atoms with Crippen LogP contribution in [0, 0.1) is 0 Å². The molecule has 0 aliphatic carbocycles. The quantitative estimate of drug-likeness (QED) is 0.0674. The van der Waals surface area contributed by atoms with Crippen molar-refractivity contribution in [1.82, 2.24) is 10.6 Å². The summed E-state index contributed by atoms with van der Waals surface area (Å²) in [6.45, 7) is 5.75. The Bertz CT molecular complexity index is 2900. The molecule has 5 aromatic carbocycles. The molecule has 4 atom stereocenters. The van der Waals surface area contributed by atoms with E-state index in [9.17, 15) is 24.0 Å². The minimum atomic E-state index is -0.966. The van der Waals surface area contributed by atoms with Crippen LogP contribution in [-0.4, -0.2) is 80.7 Å². The molecular weight excluding hydrogens is 891 g/mol. The number of carbonyl (C=O) groups excluding carboxylic acids is 5. The van der Waals surface area contributed by atoms with Gasteiger partial charge in [0.1, 0.15) is 25.3 Å². The van der Waals surface area contributed by atoms with Crippen LogP contribution in [0.25, 0.3) is 0 Å². The number of fused-ring (bicyclic) bond motifs is 8. The molecule has 0 aromatic heterocycles. The van der Waals surface area contributed by atoms with Gasteiger partial charge in [-0.1, -0.05) is 56.2 Å². The summed E-state index contributed by atoms with van der Waals surface area (Å²) in [6.07, 6.45) is 6.13. The summed E-state index contributed by atoms with van der Waals surface area (Å²) < 4.78 is 24.4. The van der Waals surface area contributed by atoms with Crippen LogP contribution in [0.1, 0.15) is 89.4 Å². The predicted octanol–water partition coefficient (Wildman–Crippen LogP) is 7.67. The number of anilines is 4. The van der Waals surface area contributed by atoms with Crippen LogP contribution < -0.4 is 50.0 Å². The Hall–Kier alpha value is -7.88. The van der Waals surface area contributed by atoms with Gasteiger partial charge >= 0.3 is 0 Å². The maximum absolute atomic E-state index is 14.1. The summed E-state index contributed by atoms with van der Waals surface area (Å²) in [5.74, 6) is -0.0825. The van der Waals surface area contributed by atoms with Crippen LogP contribution in [0.3, 0.4) is 0 Å². The number of methoxy groups -OCH3 is 2. The lowest BCUT2D eigenvalue weighted by molar-refractivity contribution is -0.130. The number of para-hydroxylation sites is 2. The molecule has 0 saturated carbocycles. The minimum Gasteiger partial charge on any atom is -0.493 e. The average molecular weight is 948 g/mol. The molecule has 0 fully saturated rings. The van der Waals surface area contributed by atoms with Gasteiger partial charge in [0.25, 0.3) is 11.8 Å². The molecule has 16 nitrogen and oxygen atoms in total. The molecule has 16 heteroatoms. The fourth-order valence-corrected chi connectivity index (χ4v) is 9.49. The van der Waals surface area contributed by atoms with Crippen molar-refractivity contribution in [2.24, 2.45) is 4.99 Å². The van der Waals surface area contributed by atoms with E-state index < -0.39 is 23.9 Å².